The van der Waals surface area contributed by atoms with Crippen LogP contribution in [-0.4, -0.2) is 22.8 Å². The monoisotopic (exact) mass is 416 g/mol. The molecule has 152 valence electrons. The van der Waals surface area contributed by atoms with Crippen LogP contribution >= 0.6 is 11.6 Å². The zero-order valence-electron chi connectivity index (χ0n) is 15.7. The van der Waals surface area contributed by atoms with E-state index in [9.17, 15) is 19.7 Å². The molecule has 0 heterocycles. The van der Waals surface area contributed by atoms with Crippen LogP contribution in [0.3, 0.4) is 0 Å². The molecular formula is C21H21ClN2O5. The molecule has 1 N–H and O–H groups in total. The molecule has 3 rings (SSSR count). The molecule has 1 atom stereocenters. The highest BCUT2D eigenvalue weighted by atomic mass is 35.5. The summed E-state index contributed by atoms with van der Waals surface area (Å²) < 4.78 is 5.48. The molecule has 0 bridgehead atoms. The number of carbonyl (C=O) groups excluding carboxylic acids is 2. The second kappa shape index (κ2) is 9.52. The van der Waals surface area contributed by atoms with Crippen molar-refractivity contribution in [2.45, 2.75) is 44.2 Å². The van der Waals surface area contributed by atoms with E-state index >= 15 is 0 Å². The number of ether oxygens (including phenoxy) is 1. The number of hydrogen-bond acceptors (Lipinski definition) is 5. The summed E-state index contributed by atoms with van der Waals surface area (Å²) in [6.07, 6.45) is 3.55. The van der Waals surface area contributed by atoms with E-state index in [2.05, 4.69) is 5.32 Å². The van der Waals surface area contributed by atoms with Gasteiger partial charge < -0.3 is 10.1 Å². The second-order valence-corrected chi connectivity index (χ2v) is 7.37. The molecule has 1 saturated carbocycles. The summed E-state index contributed by atoms with van der Waals surface area (Å²) in [5, 5.41) is 14.2. The molecule has 2 aromatic rings. The highest BCUT2D eigenvalue weighted by Crippen LogP contribution is 2.26. The third kappa shape index (κ3) is 5.32. The molecule has 0 radical (unpaired) electrons. The van der Waals surface area contributed by atoms with Gasteiger partial charge in [0.25, 0.3) is 11.6 Å². The number of nitrogens with one attached hydrogen (secondary N) is 1. The fourth-order valence-corrected chi connectivity index (χ4v) is 3.61. The third-order valence-corrected chi connectivity index (χ3v) is 5.22. The first kappa shape index (κ1) is 20.8. The van der Waals surface area contributed by atoms with Gasteiger partial charge in [0.05, 0.1) is 15.5 Å². The standard InChI is InChI=1S/C21H21ClN2O5/c22-18-12-5-4-11-17(18)21(26)29-19(14-7-6-10-16(13-14)24(27)28)20(25)23-15-8-2-1-3-9-15/h4-7,10-13,15,19H,1-3,8-9H2,(H,23,25). The smallest absolute Gasteiger partial charge is 0.340 e. The van der Waals surface area contributed by atoms with Crippen molar-refractivity contribution in [2.75, 3.05) is 0 Å². The quantitative estimate of drug-likeness (QED) is 0.421. The predicted molar refractivity (Wildman–Crippen MR) is 108 cm³/mol. The number of benzene rings is 2. The van der Waals surface area contributed by atoms with Crippen molar-refractivity contribution in [2.24, 2.45) is 0 Å². The number of hydrogen-bond donors (Lipinski definition) is 1. The number of nitro groups is 1. The first-order chi connectivity index (χ1) is 14.0. The van der Waals surface area contributed by atoms with Gasteiger partial charge in [-0.15, -0.1) is 0 Å². The van der Waals surface area contributed by atoms with Crippen molar-refractivity contribution in [1.82, 2.24) is 5.32 Å². The molecule has 0 saturated heterocycles. The van der Waals surface area contributed by atoms with Gasteiger partial charge in [0, 0.05) is 23.7 Å². The Morgan fingerprint density at radius 1 is 1.10 bits per heavy atom. The zero-order chi connectivity index (χ0) is 20.8. The number of nitrogens with zero attached hydrogens (tertiary/aromatic N) is 1. The van der Waals surface area contributed by atoms with E-state index in [-0.39, 0.29) is 27.9 Å². The van der Waals surface area contributed by atoms with Gasteiger partial charge >= 0.3 is 5.97 Å². The Labute approximate surface area is 173 Å². The van der Waals surface area contributed by atoms with Gasteiger partial charge in [-0.05, 0) is 25.0 Å². The Kier molecular flexibility index (Phi) is 6.82. The Morgan fingerprint density at radius 3 is 2.52 bits per heavy atom. The summed E-state index contributed by atoms with van der Waals surface area (Å²) in [5.74, 6) is -1.27. The molecule has 0 aromatic heterocycles. The lowest BCUT2D eigenvalue weighted by atomic mass is 9.95. The van der Waals surface area contributed by atoms with Crippen LogP contribution in [0.2, 0.25) is 5.02 Å². The lowest BCUT2D eigenvalue weighted by molar-refractivity contribution is -0.385. The van der Waals surface area contributed by atoms with Crippen LogP contribution in [0.25, 0.3) is 0 Å². The molecule has 1 fully saturated rings. The topological polar surface area (TPSA) is 98.5 Å². The van der Waals surface area contributed by atoms with Crippen LogP contribution in [0.5, 0.6) is 0 Å². The van der Waals surface area contributed by atoms with E-state index in [1.54, 1.807) is 18.2 Å². The van der Waals surface area contributed by atoms with E-state index in [0.717, 1.165) is 32.1 Å². The Hall–Kier alpha value is -2.93. The van der Waals surface area contributed by atoms with E-state index < -0.39 is 22.9 Å². The summed E-state index contributed by atoms with van der Waals surface area (Å²) in [7, 11) is 0. The summed E-state index contributed by atoms with van der Waals surface area (Å²) in [6, 6.07) is 11.9. The van der Waals surface area contributed by atoms with Gasteiger partial charge in [0.2, 0.25) is 6.10 Å². The summed E-state index contributed by atoms with van der Waals surface area (Å²) >= 11 is 6.06. The normalized spacial score (nSPS) is 15.3. The number of rotatable bonds is 6. The van der Waals surface area contributed by atoms with Crippen molar-refractivity contribution in [1.29, 1.82) is 0 Å². The van der Waals surface area contributed by atoms with Crippen molar-refractivity contribution >= 4 is 29.2 Å². The molecule has 7 nitrogen and oxygen atoms in total. The zero-order valence-corrected chi connectivity index (χ0v) is 16.4. The van der Waals surface area contributed by atoms with Crippen molar-refractivity contribution in [3.63, 3.8) is 0 Å². The van der Waals surface area contributed by atoms with Crippen LogP contribution < -0.4 is 5.32 Å². The summed E-state index contributed by atoms with van der Waals surface area (Å²) in [5.41, 5.74) is 0.162. The summed E-state index contributed by atoms with van der Waals surface area (Å²) in [4.78, 5) is 36.2. The van der Waals surface area contributed by atoms with Crippen LogP contribution in [0.4, 0.5) is 5.69 Å². The molecule has 0 aliphatic heterocycles. The van der Waals surface area contributed by atoms with Crippen LogP contribution in [-0.2, 0) is 9.53 Å². The third-order valence-electron chi connectivity index (χ3n) is 4.89. The molecular weight excluding hydrogens is 396 g/mol. The van der Waals surface area contributed by atoms with Gasteiger partial charge in [-0.1, -0.05) is 55.1 Å². The fourth-order valence-electron chi connectivity index (χ4n) is 3.40. The van der Waals surface area contributed by atoms with Crippen LogP contribution in [0, 0.1) is 10.1 Å². The second-order valence-electron chi connectivity index (χ2n) is 6.96. The minimum absolute atomic E-state index is 0.00327. The van der Waals surface area contributed by atoms with Gasteiger partial charge in [0.15, 0.2) is 0 Å². The number of nitro benzene ring substituents is 1. The number of amides is 1. The molecule has 8 heteroatoms. The number of carbonyl (C=O) groups is 2. The molecule has 1 aliphatic carbocycles. The summed E-state index contributed by atoms with van der Waals surface area (Å²) in [6.45, 7) is 0. The van der Waals surface area contributed by atoms with E-state index in [4.69, 9.17) is 16.3 Å². The van der Waals surface area contributed by atoms with Crippen molar-refractivity contribution in [3.8, 4) is 0 Å². The van der Waals surface area contributed by atoms with Crippen LogP contribution in [0.1, 0.15) is 54.1 Å². The molecule has 2 aromatic carbocycles. The Bertz CT molecular complexity index is 911. The minimum Gasteiger partial charge on any atom is -0.444 e. The number of esters is 1. The largest absolute Gasteiger partial charge is 0.444 e. The average molecular weight is 417 g/mol. The maximum atomic E-state index is 13.0. The van der Waals surface area contributed by atoms with Gasteiger partial charge in [0.1, 0.15) is 0 Å². The predicted octanol–water partition coefficient (Wildman–Crippen LogP) is 4.60. The van der Waals surface area contributed by atoms with E-state index in [1.807, 2.05) is 0 Å². The maximum Gasteiger partial charge on any atom is 0.340 e. The fraction of sp³-hybridized carbons (Fsp3) is 0.333. The molecule has 1 amide bonds. The number of halogens is 1. The Morgan fingerprint density at radius 2 is 1.83 bits per heavy atom. The van der Waals surface area contributed by atoms with Gasteiger partial charge in [-0.3, -0.25) is 14.9 Å². The van der Waals surface area contributed by atoms with Gasteiger partial charge in [-0.2, -0.15) is 0 Å². The lowest BCUT2D eigenvalue weighted by Gasteiger charge is -2.25. The van der Waals surface area contributed by atoms with E-state index in [1.165, 1.54) is 30.3 Å². The minimum atomic E-state index is -1.32. The first-order valence-electron chi connectivity index (χ1n) is 9.46. The first-order valence-corrected chi connectivity index (χ1v) is 9.84. The SMILES string of the molecule is O=C(OC(C(=O)NC1CCCCC1)c1cccc([N+](=O)[O-])c1)c1ccccc1Cl. The average Bonchev–Trinajstić information content (AvgIpc) is 2.73. The Balaban J connectivity index is 1.87. The highest BCUT2D eigenvalue weighted by molar-refractivity contribution is 6.33. The van der Waals surface area contributed by atoms with Crippen LogP contribution in [0.15, 0.2) is 48.5 Å². The van der Waals surface area contributed by atoms with Crippen molar-refractivity contribution < 1.29 is 19.2 Å². The van der Waals surface area contributed by atoms with Gasteiger partial charge in [-0.25, -0.2) is 4.79 Å². The number of non-ortho nitro benzene ring substituents is 1. The van der Waals surface area contributed by atoms with Crippen molar-refractivity contribution in [3.05, 3.63) is 74.8 Å². The molecule has 1 aliphatic rings. The molecule has 1 unspecified atom stereocenters. The molecule has 0 spiro atoms. The lowest BCUT2D eigenvalue weighted by Crippen LogP contribution is -2.40. The van der Waals surface area contributed by atoms with E-state index in [0.29, 0.717) is 0 Å². The molecule has 29 heavy (non-hydrogen) atoms. The maximum absolute atomic E-state index is 13.0. The highest BCUT2D eigenvalue weighted by Gasteiger charge is 2.29.